The molecule has 2 aromatic rings. The van der Waals surface area contributed by atoms with Crippen LogP contribution in [0.4, 0.5) is 0 Å². The van der Waals surface area contributed by atoms with Crippen LogP contribution in [0.2, 0.25) is 0 Å². The molecule has 0 aliphatic heterocycles. The highest BCUT2D eigenvalue weighted by atomic mass is 16.4. The minimum atomic E-state index is -1.15. The Hall–Kier alpha value is -1.81. The molecule has 0 aliphatic carbocycles. The molecular weight excluding hydrogens is 180 g/mol. The fourth-order valence-electron chi connectivity index (χ4n) is 1.42. The van der Waals surface area contributed by atoms with Crippen LogP contribution in [-0.4, -0.2) is 11.0 Å². The van der Waals surface area contributed by atoms with Crippen LogP contribution < -0.4 is 10.8 Å². The Kier molecular flexibility index (Phi) is 1.98. The first-order valence-corrected chi connectivity index (χ1v) is 4.29. The standard InChI is InChI=1S/C10H10N2O2/c11-9(10(13)14)7-1-2-8-6(5-7)3-4-12-8/h1-5,9,12H,11H2,(H,13,14)/t9-/m1/s1. The van der Waals surface area contributed by atoms with Gasteiger partial charge < -0.3 is 20.6 Å². The monoisotopic (exact) mass is 190 g/mol. The van der Waals surface area contributed by atoms with Crippen LogP contribution in [0.5, 0.6) is 0 Å². The number of carbonyl (C=O) groups excluding carboxylic acids is 1. The minimum Gasteiger partial charge on any atom is -0.544 e. The number of carboxylic acid groups (broad SMARTS) is 1. The van der Waals surface area contributed by atoms with Gasteiger partial charge in [-0.3, -0.25) is 0 Å². The number of rotatable bonds is 2. The molecule has 0 spiro atoms. The van der Waals surface area contributed by atoms with Crippen LogP contribution in [0, 0.1) is 0 Å². The summed E-state index contributed by atoms with van der Waals surface area (Å²) in [4.78, 5) is 13.6. The number of aliphatic carboxylic acids is 1. The van der Waals surface area contributed by atoms with Gasteiger partial charge in [0.15, 0.2) is 6.04 Å². The SMILES string of the molecule is [NH3+][C@@H](C(=O)[O-])c1ccc2[nH]ccc2c1. The number of carboxylic acids is 1. The molecular formula is C10H10N2O2. The van der Waals surface area contributed by atoms with Gasteiger partial charge in [0, 0.05) is 17.3 Å². The van der Waals surface area contributed by atoms with Crippen LogP contribution in [0.15, 0.2) is 30.5 Å². The lowest BCUT2D eigenvalue weighted by molar-refractivity contribution is -0.443. The summed E-state index contributed by atoms with van der Waals surface area (Å²) in [6.45, 7) is 0. The normalized spacial score (nSPS) is 12.9. The summed E-state index contributed by atoms with van der Waals surface area (Å²) < 4.78 is 0. The van der Waals surface area contributed by atoms with Crippen molar-refractivity contribution in [2.75, 3.05) is 0 Å². The Bertz CT molecular complexity index is 476. The Morgan fingerprint density at radius 1 is 1.43 bits per heavy atom. The fourth-order valence-corrected chi connectivity index (χ4v) is 1.42. The second kappa shape index (κ2) is 3.16. The Labute approximate surface area is 80.3 Å². The average Bonchev–Trinajstić information content (AvgIpc) is 2.62. The Balaban J connectivity index is 2.48. The number of aromatic nitrogens is 1. The van der Waals surface area contributed by atoms with E-state index in [0.29, 0.717) is 5.56 Å². The number of fused-ring (bicyclic) bond motifs is 1. The van der Waals surface area contributed by atoms with E-state index in [9.17, 15) is 9.90 Å². The zero-order chi connectivity index (χ0) is 10.1. The van der Waals surface area contributed by atoms with Gasteiger partial charge in [0.25, 0.3) is 0 Å². The molecule has 4 heteroatoms. The minimum absolute atomic E-state index is 0.664. The summed E-state index contributed by atoms with van der Waals surface area (Å²) in [6.07, 6.45) is 1.81. The molecule has 2 rings (SSSR count). The van der Waals surface area contributed by atoms with Gasteiger partial charge >= 0.3 is 0 Å². The van der Waals surface area contributed by atoms with E-state index in [0.717, 1.165) is 10.9 Å². The number of nitrogens with one attached hydrogen (secondary N) is 1. The molecule has 1 heterocycles. The highest BCUT2D eigenvalue weighted by Gasteiger charge is 2.10. The summed E-state index contributed by atoms with van der Waals surface area (Å²) in [6, 6.07) is 6.47. The van der Waals surface area contributed by atoms with E-state index in [1.54, 1.807) is 12.1 Å². The van der Waals surface area contributed by atoms with Crippen LogP contribution in [0.25, 0.3) is 10.9 Å². The van der Waals surface area contributed by atoms with Crippen molar-refractivity contribution in [3.63, 3.8) is 0 Å². The lowest BCUT2D eigenvalue weighted by Crippen LogP contribution is -2.60. The van der Waals surface area contributed by atoms with Crippen molar-refractivity contribution in [3.8, 4) is 0 Å². The van der Waals surface area contributed by atoms with Crippen LogP contribution in [-0.2, 0) is 4.79 Å². The summed E-state index contributed by atoms with van der Waals surface area (Å²) in [5, 5.41) is 11.6. The molecule has 0 aliphatic rings. The summed E-state index contributed by atoms with van der Waals surface area (Å²) in [7, 11) is 0. The third-order valence-electron chi connectivity index (χ3n) is 2.26. The lowest BCUT2D eigenvalue weighted by atomic mass is 10.1. The van der Waals surface area contributed by atoms with E-state index in [2.05, 4.69) is 10.7 Å². The number of hydrogen-bond donors (Lipinski definition) is 2. The molecule has 1 aromatic heterocycles. The van der Waals surface area contributed by atoms with E-state index >= 15 is 0 Å². The van der Waals surface area contributed by atoms with Gasteiger partial charge in [0.05, 0.1) is 0 Å². The molecule has 14 heavy (non-hydrogen) atoms. The molecule has 0 unspecified atom stereocenters. The quantitative estimate of drug-likeness (QED) is 0.649. The summed E-state index contributed by atoms with van der Waals surface area (Å²) in [5.74, 6) is -1.15. The molecule has 0 bridgehead atoms. The van der Waals surface area contributed by atoms with E-state index in [1.807, 2.05) is 18.3 Å². The van der Waals surface area contributed by atoms with E-state index in [-0.39, 0.29) is 0 Å². The number of carbonyl (C=O) groups is 1. The molecule has 0 amide bonds. The second-order valence-corrected chi connectivity index (χ2v) is 3.20. The lowest BCUT2D eigenvalue weighted by Gasteiger charge is -2.09. The second-order valence-electron chi connectivity index (χ2n) is 3.20. The Morgan fingerprint density at radius 3 is 2.93 bits per heavy atom. The molecule has 0 saturated carbocycles. The third kappa shape index (κ3) is 1.36. The molecule has 4 nitrogen and oxygen atoms in total. The predicted molar refractivity (Wildman–Crippen MR) is 48.9 cm³/mol. The van der Waals surface area contributed by atoms with Crippen molar-refractivity contribution in [2.45, 2.75) is 6.04 Å². The van der Waals surface area contributed by atoms with Gasteiger partial charge in [-0.2, -0.15) is 0 Å². The molecule has 72 valence electrons. The molecule has 0 fully saturated rings. The number of H-pyrrole nitrogens is 1. The number of hydrogen-bond acceptors (Lipinski definition) is 2. The largest absolute Gasteiger partial charge is 0.544 e. The maximum Gasteiger partial charge on any atom is 0.150 e. The maximum absolute atomic E-state index is 10.6. The number of quaternary nitrogens is 1. The number of aromatic amines is 1. The van der Waals surface area contributed by atoms with E-state index < -0.39 is 12.0 Å². The zero-order valence-corrected chi connectivity index (χ0v) is 7.49. The van der Waals surface area contributed by atoms with Gasteiger partial charge in [-0.05, 0) is 23.6 Å². The first-order valence-electron chi connectivity index (χ1n) is 4.29. The first kappa shape index (κ1) is 8.77. The molecule has 1 aromatic carbocycles. The van der Waals surface area contributed by atoms with Crippen molar-refractivity contribution in [1.82, 2.24) is 4.98 Å². The fraction of sp³-hybridized carbons (Fsp3) is 0.100. The topological polar surface area (TPSA) is 83.6 Å². The molecule has 4 N–H and O–H groups in total. The van der Waals surface area contributed by atoms with Gasteiger partial charge in [0.2, 0.25) is 0 Å². The highest BCUT2D eigenvalue weighted by molar-refractivity contribution is 5.82. The molecule has 0 radical (unpaired) electrons. The smallest absolute Gasteiger partial charge is 0.150 e. The van der Waals surface area contributed by atoms with Crippen molar-refractivity contribution < 1.29 is 15.6 Å². The van der Waals surface area contributed by atoms with Gasteiger partial charge in [-0.25, -0.2) is 0 Å². The van der Waals surface area contributed by atoms with E-state index in [1.165, 1.54) is 0 Å². The average molecular weight is 190 g/mol. The molecule has 1 atom stereocenters. The maximum atomic E-state index is 10.6. The van der Waals surface area contributed by atoms with Crippen molar-refractivity contribution in [2.24, 2.45) is 0 Å². The van der Waals surface area contributed by atoms with Crippen molar-refractivity contribution >= 4 is 16.9 Å². The zero-order valence-electron chi connectivity index (χ0n) is 7.49. The predicted octanol–water partition coefficient (Wildman–Crippen LogP) is -0.799. The van der Waals surface area contributed by atoms with Crippen LogP contribution in [0.3, 0.4) is 0 Å². The summed E-state index contributed by atoms with van der Waals surface area (Å²) >= 11 is 0. The van der Waals surface area contributed by atoms with Crippen molar-refractivity contribution in [3.05, 3.63) is 36.0 Å². The third-order valence-corrected chi connectivity index (χ3v) is 2.26. The first-order chi connectivity index (χ1) is 6.68. The van der Waals surface area contributed by atoms with Crippen molar-refractivity contribution in [1.29, 1.82) is 0 Å². The highest BCUT2D eigenvalue weighted by Crippen LogP contribution is 2.17. The molecule has 0 saturated heterocycles. The van der Waals surface area contributed by atoms with E-state index in [4.69, 9.17) is 0 Å². The van der Waals surface area contributed by atoms with Gasteiger partial charge in [-0.1, -0.05) is 6.07 Å². The summed E-state index contributed by atoms with van der Waals surface area (Å²) in [5.41, 5.74) is 5.18. The van der Waals surface area contributed by atoms with Crippen LogP contribution in [0.1, 0.15) is 11.6 Å². The van der Waals surface area contributed by atoms with Gasteiger partial charge in [-0.15, -0.1) is 0 Å². The van der Waals surface area contributed by atoms with Gasteiger partial charge in [0.1, 0.15) is 5.97 Å². The van der Waals surface area contributed by atoms with Crippen LogP contribution >= 0.6 is 0 Å². The Morgan fingerprint density at radius 2 is 2.21 bits per heavy atom. The number of benzene rings is 1.